The zero-order chi connectivity index (χ0) is 21.3. The first-order chi connectivity index (χ1) is 14.4. The number of hydrogen-bond acceptors (Lipinski definition) is 5. The van der Waals surface area contributed by atoms with Crippen molar-refractivity contribution in [2.24, 2.45) is 0 Å². The number of alkyl halides is 4. The van der Waals surface area contributed by atoms with Crippen LogP contribution in [-0.2, 0) is 6.54 Å². The first-order valence-electron chi connectivity index (χ1n) is 8.69. The molecule has 4 rings (SSSR count). The van der Waals surface area contributed by atoms with Gasteiger partial charge in [0.15, 0.2) is 0 Å². The molecule has 3 aromatic rings. The van der Waals surface area contributed by atoms with E-state index < -0.39 is 13.2 Å². The molecule has 0 saturated carbocycles. The van der Waals surface area contributed by atoms with Gasteiger partial charge in [-0.15, -0.1) is 0 Å². The van der Waals surface area contributed by atoms with Gasteiger partial charge in [-0.25, -0.2) is 4.98 Å². The number of carbonyl (C=O) groups is 1. The lowest BCUT2D eigenvalue weighted by Crippen LogP contribution is -2.24. The molecule has 0 radical (unpaired) electrons. The predicted molar refractivity (Wildman–Crippen MR) is 97.7 cm³/mol. The summed E-state index contributed by atoms with van der Waals surface area (Å²) in [6, 6.07) is 10.3. The highest BCUT2D eigenvalue weighted by Gasteiger charge is 2.32. The molecule has 1 aliphatic heterocycles. The Bertz CT molecular complexity index is 1080. The average Bonchev–Trinajstić information content (AvgIpc) is 3.05. The summed E-state index contributed by atoms with van der Waals surface area (Å²) in [5.74, 6) is -0.360. The number of anilines is 1. The minimum Gasteiger partial charge on any atom is -0.434 e. The molecule has 10 heteroatoms. The van der Waals surface area contributed by atoms with E-state index >= 15 is 0 Å². The molecular formula is C20H13F4N3O3. The Morgan fingerprint density at radius 3 is 2.37 bits per heavy atom. The van der Waals surface area contributed by atoms with Gasteiger partial charge in [0.1, 0.15) is 17.3 Å². The van der Waals surface area contributed by atoms with Crippen molar-refractivity contribution in [1.82, 2.24) is 9.97 Å². The van der Waals surface area contributed by atoms with E-state index in [1.54, 1.807) is 18.2 Å². The molecule has 1 aliphatic rings. The Kier molecular flexibility index (Phi) is 5.21. The second-order valence-corrected chi connectivity index (χ2v) is 6.18. The van der Waals surface area contributed by atoms with E-state index in [9.17, 15) is 22.4 Å². The third-order valence-corrected chi connectivity index (χ3v) is 4.43. The lowest BCUT2D eigenvalue weighted by Gasteiger charge is -2.15. The maximum atomic E-state index is 12.9. The summed E-state index contributed by atoms with van der Waals surface area (Å²) in [6.07, 6.45) is 2.49. The number of benzene rings is 1. The SMILES string of the molecule is O=C1c2ccnc(-c3ccccc3OC(F)F)c2CN1c1ccc(OC(F)F)cn1. The number of hydrogen-bond donors (Lipinski definition) is 0. The van der Waals surface area contributed by atoms with Crippen LogP contribution < -0.4 is 14.4 Å². The smallest absolute Gasteiger partial charge is 0.387 e. The van der Waals surface area contributed by atoms with Crippen molar-refractivity contribution in [2.75, 3.05) is 4.90 Å². The van der Waals surface area contributed by atoms with Crippen molar-refractivity contribution >= 4 is 11.7 Å². The third kappa shape index (κ3) is 3.76. The first-order valence-corrected chi connectivity index (χ1v) is 8.69. The van der Waals surface area contributed by atoms with Crippen molar-refractivity contribution in [2.45, 2.75) is 19.8 Å². The number of amides is 1. The van der Waals surface area contributed by atoms with Gasteiger partial charge in [0.25, 0.3) is 5.91 Å². The molecule has 2 aromatic heterocycles. The molecule has 3 heterocycles. The van der Waals surface area contributed by atoms with Crippen LogP contribution >= 0.6 is 0 Å². The van der Waals surface area contributed by atoms with E-state index in [-0.39, 0.29) is 29.8 Å². The maximum Gasteiger partial charge on any atom is 0.387 e. The van der Waals surface area contributed by atoms with Gasteiger partial charge in [-0.05, 0) is 30.3 Å². The topological polar surface area (TPSA) is 64.5 Å². The molecule has 0 fully saturated rings. The molecule has 0 N–H and O–H groups in total. The van der Waals surface area contributed by atoms with E-state index in [1.807, 2.05) is 0 Å². The van der Waals surface area contributed by atoms with Crippen LogP contribution in [0.4, 0.5) is 23.4 Å². The van der Waals surface area contributed by atoms with Crippen LogP contribution in [0.15, 0.2) is 54.9 Å². The van der Waals surface area contributed by atoms with E-state index in [4.69, 9.17) is 0 Å². The average molecular weight is 419 g/mol. The highest BCUT2D eigenvalue weighted by Crippen LogP contribution is 2.37. The van der Waals surface area contributed by atoms with Crippen LogP contribution in [-0.4, -0.2) is 29.1 Å². The third-order valence-electron chi connectivity index (χ3n) is 4.43. The quantitative estimate of drug-likeness (QED) is 0.551. The number of nitrogens with zero attached hydrogens (tertiary/aromatic N) is 3. The van der Waals surface area contributed by atoms with Gasteiger partial charge in [0, 0.05) is 22.9 Å². The summed E-state index contributed by atoms with van der Waals surface area (Å²) in [5, 5.41) is 0. The summed E-state index contributed by atoms with van der Waals surface area (Å²) in [7, 11) is 0. The van der Waals surface area contributed by atoms with Crippen molar-refractivity contribution < 1.29 is 31.8 Å². The lowest BCUT2D eigenvalue weighted by atomic mass is 10.0. The van der Waals surface area contributed by atoms with E-state index in [1.165, 1.54) is 35.4 Å². The van der Waals surface area contributed by atoms with E-state index in [2.05, 4.69) is 19.4 Å². The summed E-state index contributed by atoms with van der Waals surface area (Å²) < 4.78 is 59.0. The minimum atomic E-state index is -3.01. The molecule has 30 heavy (non-hydrogen) atoms. The van der Waals surface area contributed by atoms with Crippen LogP contribution in [0.2, 0.25) is 0 Å². The molecule has 0 unspecified atom stereocenters. The van der Waals surface area contributed by atoms with Gasteiger partial charge in [-0.1, -0.05) is 12.1 Å². The van der Waals surface area contributed by atoms with Crippen molar-refractivity contribution in [3.63, 3.8) is 0 Å². The molecule has 0 saturated heterocycles. The molecule has 1 amide bonds. The number of rotatable bonds is 6. The number of carbonyl (C=O) groups excluding carboxylic acids is 1. The normalized spacial score (nSPS) is 13.1. The fourth-order valence-corrected chi connectivity index (χ4v) is 3.21. The Hall–Kier alpha value is -3.69. The predicted octanol–water partition coefficient (Wildman–Crippen LogP) is 4.51. The fraction of sp³-hybridized carbons (Fsp3) is 0.150. The largest absolute Gasteiger partial charge is 0.434 e. The maximum absolute atomic E-state index is 12.9. The van der Waals surface area contributed by atoms with Crippen LogP contribution in [0.5, 0.6) is 11.5 Å². The Balaban J connectivity index is 1.68. The van der Waals surface area contributed by atoms with Crippen molar-refractivity contribution in [1.29, 1.82) is 0 Å². The van der Waals surface area contributed by atoms with E-state index in [0.29, 0.717) is 22.4 Å². The van der Waals surface area contributed by atoms with Crippen LogP contribution in [0.1, 0.15) is 15.9 Å². The summed E-state index contributed by atoms with van der Waals surface area (Å²) in [4.78, 5) is 22.5. The standard InChI is InChI=1S/C20H13F4N3O3/c21-19(22)29-11-5-6-16(26-9-11)27-10-14-12(18(27)28)7-8-25-17(14)13-3-1-2-4-15(13)30-20(23)24/h1-9,19-20H,10H2. The monoisotopic (exact) mass is 419 g/mol. The molecule has 0 atom stereocenters. The molecule has 0 bridgehead atoms. The highest BCUT2D eigenvalue weighted by atomic mass is 19.3. The second-order valence-electron chi connectivity index (χ2n) is 6.18. The van der Waals surface area contributed by atoms with E-state index in [0.717, 1.165) is 6.20 Å². The van der Waals surface area contributed by atoms with Gasteiger partial charge in [-0.3, -0.25) is 14.7 Å². The number of pyridine rings is 2. The van der Waals surface area contributed by atoms with Gasteiger partial charge >= 0.3 is 13.2 Å². The molecule has 1 aromatic carbocycles. The van der Waals surface area contributed by atoms with Crippen molar-refractivity contribution in [3.05, 3.63) is 66.0 Å². The van der Waals surface area contributed by atoms with Gasteiger partial charge < -0.3 is 9.47 Å². The van der Waals surface area contributed by atoms with Crippen LogP contribution in [0, 0.1) is 0 Å². The summed E-state index contributed by atoms with van der Waals surface area (Å²) in [5.41, 5.74) is 1.50. The van der Waals surface area contributed by atoms with Crippen LogP contribution in [0.3, 0.4) is 0 Å². The zero-order valence-corrected chi connectivity index (χ0v) is 15.1. The minimum absolute atomic E-state index is 0.0640. The van der Waals surface area contributed by atoms with Gasteiger partial charge in [0.05, 0.1) is 18.4 Å². The molecule has 6 nitrogen and oxygen atoms in total. The fourth-order valence-electron chi connectivity index (χ4n) is 3.21. The Labute approximate surface area is 167 Å². The van der Waals surface area contributed by atoms with Gasteiger partial charge in [0.2, 0.25) is 0 Å². The summed E-state index contributed by atoms with van der Waals surface area (Å²) in [6.45, 7) is -5.93. The zero-order valence-electron chi connectivity index (χ0n) is 15.1. The molecule has 0 spiro atoms. The van der Waals surface area contributed by atoms with Crippen LogP contribution in [0.25, 0.3) is 11.3 Å². The molecule has 0 aliphatic carbocycles. The van der Waals surface area contributed by atoms with Gasteiger partial charge in [-0.2, -0.15) is 17.6 Å². The Morgan fingerprint density at radius 2 is 1.67 bits per heavy atom. The first kappa shape index (κ1) is 19.6. The second kappa shape index (κ2) is 7.97. The number of aromatic nitrogens is 2. The summed E-state index contributed by atoms with van der Waals surface area (Å²) >= 11 is 0. The number of ether oxygens (including phenoxy) is 2. The van der Waals surface area contributed by atoms with Crippen molar-refractivity contribution in [3.8, 4) is 22.8 Å². The number of halogens is 4. The highest BCUT2D eigenvalue weighted by molar-refractivity contribution is 6.10. The number of para-hydroxylation sites is 1. The number of fused-ring (bicyclic) bond motifs is 1. The molecular weight excluding hydrogens is 406 g/mol. The Morgan fingerprint density at radius 1 is 0.900 bits per heavy atom. The molecule has 154 valence electrons. The lowest BCUT2D eigenvalue weighted by molar-refractivity contribution is -0.0505.